The lowest BCUT2D eigenvalue weighted by Gasteiger charge is -2.32. The van der Waals surface area contributed by atoms with Gasteiger partial charge in [-0.3, -0.25) is 19.4 Å². The zero-order chi connectivity index (χ0) is 25.8. The molecule has 0 atom stereocenters. The summed E-state index contributed by atoms with van der Waals surface area (Å²) in [6.07, 6.45) is 8.88. The molecule has 38 heavy (non-hydrogen) atoms. The Hall–Kier alpha value is -4.78. The van der Waals surface area contributed by atoms with Crippen molar-refractivity contribution in [2.24, 2.45) is 0 Å². The van der Waals surface area contributed by atoms with Crippen LogP contribution in [0, 0.1) is 11.3 Å². The molecular weight excluding hydrogens is 480 g/mol. The molecule has 4 aromatic heterocycles. The number of piperidine rings is 1. The summed E-state index contributed by atoms with van der Waals surface area (Å²) in [6.45, 7) is 3.17. The number of rotatable bonds is 2. The molecule has 2 N–H and O–H groups in total. The van der Waals surface area contributed by atoms with Crippen molar-refractivity contribution >= 4 is 22.6 Å². The SMILES string of the molecule is N#Cc1cc2c3c(c1)c(-c1c(-c4cnc5ccccn45)[nH][nH]c1=O)cn3CCN(C(=O)N1CCCCC1)C2. The fraction of sp³-hybridized carbons (Fsp3) is 0.286. The van der Waals surface area contributed by atoms with E-state index < -0.39 is 0 Å². The van der Waals surface area contributed by atoms with E-state index in [0.29, 0.717) is 36.5 Å². The van der Waals surface area contributed by atoms with Crippen LogP contribution in [-0.2, 0) is 13.1 Å². The summed E-state index contributed by atoms with van der Waals surface area (Å²) in [5.41, 5.74) is 5.55. The van der Waals surface area contributed by atoms with Crippen LogP contribution in [0.5, 0.6) is 0 Å². The molecule has 1 fully saturated rings. The average Bonchev–Trinajstić information content (AvgIpc) is 3.61. The Labute approximate surface area is 217 Å². The van der Waals surface area contributed by atoms with Gasteiger partial charge in [-0.05, 0) is 49.1 Å². The van der Waals surface area contributed by atoms with Crippen LogP contribution in [0.1, 0.15) is 30.4 Å². The van der Waals surface area contributed by atoms with E-state index in [1.807, 2.05) is 56.9 Å². The van der Waals surface area contributed by atoms with Gasteiger partial charge in [-0.1, -0.05) is 6.07 Å². The highest BCUT2D eigenvalue weighted by Gasteiger charge is 2.28. The van der Waals surface area contributed by atoms with Crippen LogP contribution in [0.2, 0.25) is 0 Å². The molecule has 0 radical (unpaired) electrons. The third-order valence-corrected chi connectivity index (χ3v) is 7.77. The molecule has 0 bridgehead atoms. The number of hydrogen-bond donors (Lipinski definition) is 2. The van der Waals surface area contributed by atoms with Crippen LogP contribution in [0.25, 0.3) is 39.1 Å². The van der Waals surface area contributed by atoms with Gasteiger partial charge in [0.05, 0.1) is 40.3 Å². The minimum Gasteiger partial charge on any atom is -0.345 e. The number of carbonyl (C=O) groups excluding carboxylic acids is 1. The van der Waals surface area contributed by atoms with Gasteiger partial charge in [0, 0.05) is 56.1 Å². The summed E-state index contributed by atoms with van der Waals surface area (Å²) in [5.74, 6) is 0. The van der Waals surface area contributed by atoms with Gasteiger partial charge in [-0.2, -0.15) is 5.26 Å². The Morgan fingerprint density at radius 2 is 1.89 bits per heavy atom. The lowest BCUT2D eigenvalue weighted by molar-refractivity contribution is 0.140. The molecular formula is C28H26N8O2. The smallest absolute Gasteiger partial charge is 0.320 e. The number of carbonyl (C=O) groups is 1. The first-order valence-electron chi connectivity index (χ1n) is 13.0. The quantitative estimate of drug-likeness (QED) is 0.377. The third-order valence-electron chi connectivity index (χ3n) is 7.77. The molecule has 2 aliphatic heterocycles. The van der Waals surface area contributed by atoms with Crippen molar-refractivity contribution in [3.63, 3.8) is 0 Å². The highest BCUT2D eigenvalue weighted by atomic mass is 16.2. The van der Waals surface area contributed by atoms with Gasteiger partial charge in [0.15, 0.2) is 0 Å². The van der Waals surface area contributed by atoms with Crippen molar-refractivity contribution in [1.29, 1.82) is 5.26 Å². The number of H-pyrrole nitrogens is 2. The second-order valence-electron chi connectivity index (χ2n) is 10.0. The number of urea groups is 1. The van der Waals surface area contributed by atoms with Gasteiger partial charge >= 0.3 is 6.03 Å². The first-order valence-corrected chi connectivity index (χ1v) is 13.0. The molecule has 10 heteroatoms. The number of hydrogen-bond acceptors (Lipinski definition) is 4. The first-order chi connectivity index (χ1) is 18.6. The van der Waals surface area contributed by atoms with Crippen molar-refractivity contribution in [1.82, 2.24) is 33.9 Å². The largest absolute Gasteiger partial charge is 0.345 e. The number of pyridine rings is 1. The molecule has 0 unspecified atom stereocenters. The number of nitrogens with zero attached hydrogens (tertiary/aromatic N) is 6. The predicted octanol–water partition coefficient (Wildman–Crippen LogP) is 3.93. The summed E-state index contributed by atoms with van der Waals surface area (Å²) in [4.78, 5) is 34.9. The maximum absolute atomic E-state index is 13.4. The van der Waals surface area contributed by atoms with Crippen molar-refractivity contribution in [3.05, 3.63) is 70.4 Å². The van der Waals surface area contributed by atoms with E-state index in [4.69, 9.17) is 0 Å². The van der Waals surface area contributed by atoms with E-state index in [-0.39, 0.29) is 11.6 Å². The summed E-state index contributed by atoms with van der Waals surface area (Å²) in [5, 5.41) is 16.5. The molecule has 5 aromatic rings. The minimum atomic E-state index is -0.243. The zero-order valence-electron chi connectivity index (χ0n) is 20.8. The Kier molecular flexibility index (Phi) is 5.11. The van der Waals surface area contributed by atoms with Gasteiger partial charge in [-0.15, -0.1) is 0 Å². The molecule has 0 saturated carbocycles. The molecule has 0 aliphatic carbocycles. The van der Waals surface area contributed by atoms with E-state index in [1.54, 1.807) is 6.20 Å². The highest BCUT2D eigenvalue weighted by molar-refractivity contribution is 6.01. The molecule has 1 aromatic carbocycles. The zero-order valence-corrected chi connectivity index (χ0v) is 20.8. The Bertz CT molecular complexity index is 1810. The lowest BCUT2D eigenvalue weighted by Crippen LogP contribution is -2.45. The average molecular weight is 507 g/mol. The lowest BCUT2D eigenvalue weighted by atomic mass is 10.00. The van der Waals surface area contributed by atoms with E-state index in [0.717, 1.165) is 65.7 Å². The van der Waals surface area contributed by atoms with Gasteiger partial charge in [0.25, 0.3) is 5.56 Å². The van der Waals surface area contributed by atoms with Crippen molar-refractivity contribution < 1.29 is 4.79 Å². The second kappa shape index (κ2) is 8.66. The number of aromatic amines is 2. The van der Waals surface area contributed by atoms with Gasteiger partial charge in [-0.25, -0.2) is 9.78 Å². The third kappa shape index (κ3) is 3.43. The monoisotopic (exact) mass is 506 g/mol. The van der Waals surface area contributed by atoms with Crippen molar-refractivity contribution in [3.8, 4) is 28.6 Å². The van der Waals surface area contributed by atoms with Crippen LogP contribution in [0.4, 0.5) is 4.79 Å². The van der Waals surface area contributed by atoms with Crippen molar-refractivity contribution in [2.75, 3.05) is 19.6 Å². The van der Waals surface area contributed by atoms with Gasteiger partial charge in [0.2, 0.25) is 0 Å². The van der Waals surface area contributed by atoms with E-state index >= 15 is 0 Å². The van der Waals surface area contributed by atoms with E-state index in [2.05, 4.69) is 25.8 Å². The standard InChI is InChI=1S/C28H26N8O2/c29-14-18-12-19-16-35(28(38)33-7-3-1-4-8-33)11-10-34-17-21(20(13-18)26(19)34)24-25(31-32-27(24)37)22-15-30-23-6-2-5-9-36(22)23/h2,5-6,9,12-13,15,17H,1,3-4,7-8,10-11,16H2,(H2,31,32,37). The number of fused-ring (bicyclic) bond motifs is 1. The second-order valence-corrected chi connectivity index (χ2v) is 10.0. The number of aromatic nitrogens is 5. The number of nitriles is 1. The Morgan fingerprint density at radius 3 is 2.74 bits per heavy atom. The number of benzene rings is 1. The van der Waals surface area contributed by atoms with Crippen LogP contribution >= 0.6 is 0 Å². The summed E-state index contributed by atoms with van der Waals surface area (Å²) in [6, 6.07) is 11.8. The van der Waals surface area contributed by atoms with E-state index in [9.17, 15) is 14.9 Å². The fourth-order valence-electron chi connectivity index (χ4n) is 5.98. The van der Waals surface area contributed by atoms with Crippen LogP contribution in [0.15, 0.2) is 53.7 Å². The highest BCUT2D eigenvalue weighted by Crippen LogP contribution is 2.37. The molecule has 2 amide bonds. The maximum Gasteiger partial charge on any atom is 0.320 e. The summed E-state index contributed by atoms with van der Waals surface area (Å²) >= 11 is 0. The molecule has 2 aliphatic rings. The number of likely N-dealkylation sites (tertiary alicyclic amines) is 1. The maximum atomic E-state index is 13.4. The molecule has 7 rings (SSSR count). The molecule has 190 valence electrons. The number of nitrogens with one attached hydrogen (secondary N) is 2. The normalized spacial score (nSPS) is 15.7. The van der Waals surface area contributed by atoms with Gasteiger partial charge in [0.1, 0.15) is 5.65 Å². The topological polar surface area (TPSA) is 118 Å². The first kappa shape index (κ1) is 22.4. The van der Waals surface area contributed by atoms with Crippen molar-refractivity contribution in [2.45, 2.75) is 32.4 Å². The minimum absolute atomic E-state index is 0.0585. The molecule has 1 saturated heterocycles. The van der Waals surface area contributed by atoms with Crippen LogP contribution in [0.3, 0.4) is 0 Å². The Morgan fingerprint density at radius 1 is 1.03 bits per heavy atom. The molecule has 10 nitrogen and oxygen atoms in total. The number of amides is 2. The van der Waals surface area contributed by atoms with Gasteiger partial charge < -0.3 is 14.4 Å². The number of imidazole rings is 1. The Balaban J connectivity index is 1.37. The fourth-order valence-corrected chi connectivity index (χ4v) is 5.98. The van der Waals surface area contributed by atoms with Crippen LogP contribution < -0.4 is 5.56 Å². The molecule has 0 spiro atoms. The summed E-state index contributed by atoms with van der Waals surface area (Å²) < 4.78 is 4.05. The molecule has 6 heterocycles. The van der Waals surface area contributed by atoms with Crippen LogP contribution in [-0.4, -0.2) is 59.6 Å². The predicted molar refractivity (Wildman–Crippen MR) is 142 cm³/mol. The van der Waals surface area contributed by atoms with E-state index in [1.165, 1.54) is 0 Å². The summed E-state index contributed by atoms with van der Waals surface area (Å²) in [7, 11) is 0.